The first-order valence-corrected chi connectivity index (χ1v) is 16.4. The second-order valence-electron chi connectivity index (χ2n) is 10.6. The van der Waals surface area contributed by atoms with Crippen molar-refractivity contribution in [3.8, 4) is 5.75 Å². The second kappa shape index (κ2) is 15.5. The minimum Gasteiger partial charge on any atom is -0.484 e. The number of benzene rings is 4. The third-order valence-electron chi connectivity index (χ3n) is 7.54. The topological polar surface area (TPSA) is 105 Å². The van der Waals surface area contributed by atoms with Crippen molar-refractivity contribution in [2.75, 3.05) is 39.5 Å². The maximum atomic E-state index is 13.9. The number of nitrogens with zero attached hydrogens (tertiary/aromatic N) is 2. The van der Waals surface area contributed by atoms with Crippen molar-refractivity contribution in [2.24, 2.45) is 0 Å². The Morgan fingerprint density at radius 2 is 1.38 bits per heavy atom. The van der Waals surface area contributed by atoms with Gasteiger partial charge in [-0.3, -0.25) is 9.59 Å². The standard InChI is InChI=1S/C35H37N3O6S/c39-33(27-44-31-16-18-32(19-17-31)45(41,42)37-22-24-43-25-23-37)38(26-29-12-6-2-7-13-29)34(30-14-8-3-9-15-30)35(40)36-21-20-28-10-4-1-5-11-28/h1-19,34H,20-27H2,(H,36,40)/t34-/m0/s1. The van der Waals surface area contributed by atoms with Crippen LogP contribution in [0.4, 0.5) is 0 Å². The van der Waals surface area contributed by atoms with E-state index in [-0.39, 0.29) is 24.0 Å². The molecule has 9 nitrogen and oxygen atoms in total. The lowest BCUT2D eigenvalue weighted by atomic mass is 10.0. The quantitative estimate of drug-likeness (QED) is 0.238. The fraction of sp³-hybridized carbons (Fsp3) is 0.257. The van der Waals surface area contributed by atoms with Crippen LogP contribution in [0.25, 0.3) is 0 Å². The Morgan fingerprint density at radius 1 is 0.800 bits per heavy atom. The van der Waals surface area contributed by atoms with Gasteiger partial charge in [-0.05, 0) is 47.4 Å². The fourth-order valence-corrected chi connectivity index (χ4v) is 6.56. The average Bonchev–Trinajstić information content (AvgIpc) is 3.09. The zero-order chi connectivity index (χ0) is 31.5. The van der Waals surface area contributed by atoms with Crippen molar-refractivity contribution in [2.45, 2.75) is 23.9 Å². The van der Waals surface area contributed by atoms with Gasteiger partial charge in [0, 0.05) is 26.2 Å². The molecule has 45 heavy (non-hydrogen) atoms. The van der Waals surface area contributed by atoms with Gasteiger partial charge >= 0.3 is 0 Å². The summed E-state index contributed by atoms with van der Waals surface area (Å²) in [6, 6.07) is 33.7. The van der Waals surface area contributed by atoms with Crippen LogP contribution in [0, 0.1) is 0 Å². The Labute approximate surface area is 264 Å². The molecule has 0 aliphatic carbocycles. The van der Waals surface area contributed by atoms with Crippen LogP contribution in [0.1, 0.15) is 22.7 Å². The van der Waals surface area contributed by atoms with Gasteiger partial charge in [0.15, 0.2) is 6.61 Å². The summed E-state index contributed by atoms with van der Waals surface area (Å²) in [6.45, 7) is 1.57. The highest BCUT2D eigenvalue weighted by molar-refractivity contribution is 7.89. The monoisotopic (exact) mass is 627 g/mol. The van der Waals surface area contributed by atoms with Crippen molar-refractivity contribution in [3.05, 3.63) is 132 Å². The second-order valence-corrected chi connectivity index (χ2v) is 12.6. The lowest BCUT2D eigenvalue weighted by molar-refractivity contribution is -0.143. The van der Waals surface area contributed by atoms with Crippen molar-refractivity contribution in [1.82, 2.24) is 14.5 Å². The van der Waals surface area contributed by atoms with E-state index in [1.165, 1.54) is 33.5 Å². The number of hydrogen-bond donors (Lipinski definition) is 1. The number of ether oxygens (including phenoxy) is 2. The predicted molar refractivity (Wildman–Crippen MR) is 171 cm³/mol. The molecule has 0 spiro atoms. The van der Waals surface area contributed by atoms with Crippen LogP contribution in [0.15, 0.2) is 120 Å². The Balaban J connectivity index is 1.33. The maximum Gasteiger partial charge on any atom is 0.261 e. The minimum atomic E-state index is -3.66. The van der Waals surface area contributed by atoms with Gasteiger partial charge < -0.3 is 19.7 Å². The van der Waals surface area contributed by atoms with Crippen LogP contribution in [-0.2, 0) is 37.3 Å². The molecule has 0 saturated carbocycles. The summed E-state index contributed by atoms with van der Waals surface area (Å²) < 4.78 is 38.5. The normalized spacial score (nSPS) is 14.3. The molecule has 10 heteroatoms. The van der Waals surface area contributed by atoms with E-state index in [0.29, 0.717) is 50.6 Å². The lowest BCUT2D eigenvalue weighted by Crippen LogP contribution is -2.45. The number of carbonyl (C=O) groups is 2. The molecule has 0 bridgehead atoms. The van der Waals surface area contributed by atoms with E-state index >= 15 is 0 Å². The summed E-state index contributed by atoms with van der Waals surface area (Å²) >= 11 is 0. The molecule has 1 heterocycles. The molecule has 1 aliphatic rings. The number of nitrogens with one attached hydrogen (secondary N) is 1. The zero-order valence-electron chi connectivity index (χ0n) is 25.0. The zero-order valence-corrected chi connectivity index (χ0v) is 25.8. The third kappa shape index (κ3) is 8.57. The number of hydrogen-bond acceptors (Lipinski definition) is 6. The van der Waals surface area contributed by atoms with Gasteiger partial charge in [-0.15, -0.1) is 0 Å². The average molecular weight is 628 g/mol. The Kier molecular flexibility index (Phi) is 11.0. The highest BCUT2D eigenvalue weighted by Gasteiger charge is 2.32. The molecular weight excluding hydrogens is 590 g/mol. The van der Waals surface area contributed by atoms with E-state index in [0.717, 1.165) is 11.1 Å². The molecular formula is C35H37N3O6S. The fourth-order valence-electron chi connectivity index (χ4n) is 5.15. The molecule has 5 rings (SSSR count). The van der Waals surface area contributed by atoms with Crippen LogP contribution in [0.3, 0.4) is 0 Å². The summed E-state index contributed by atoms with van der Waals surface area (Å²) in [6.07, 6.45) is 0.654. The van der Waals surface area contributed by atoms with Crippen LogP contribution >= 0.6 is 0 Å². The number of rotatable bonds is 13. The van der Waals surface area contributed by atoms with Gasteiger partial charge in [0.25, 0.3) is 5.91 Å². The molecule has 1 saturated heterocycles. The highest BCUT2D eigenvalue weighted by atomic mass is 32.2. The summed E-state index contributed by atoms with van der Waals surface area (Å²) in [5.41, 5.74) is 2.64. The van der Waals surface area contributed by atoms with Gasteiger partial charge in [-0.2, -0.15) is 4.31 Å². The molecule has 0 unspecified atom stereocenters. The van der Waals surface area contributed by atoms with Crippen molar-refractivity contribution in [3.63, 3.8) is 0 Å². The summed E-state index contributed by atoms with van der Waals surface area (Å²) in [5, 5.41) is 3.03. The van der Waals surface area contributed by atoms with Crippen LogP contribution in [0.5, 0.6) is 5.75 Å². The third-order valence-corrected chi connectivity index (χ3v) is 9.45. The lowest BCUT2D eigenvalue weighted by Gasteiger charge is -2.31. The number of carbonyl (C=O) groups excluding carboxylic acids is 2. The predicted octanol–water partition coefficient (Wildman–Crippen LogP) is 4.22. The first-order valence-electron chi connectivity index (χ1n) is 14.9. The molecule has 1 aliphatic heterocycles. The van der Waals surface area contributed by atoms with Crippen LogP contribution in [-0.4, -0.2) is 68.9 Å². The Bertz CT molecular complexity index is 1630. The number of amides is 2. The van der Waals surface area contributed by atoms with E-state index in [9.17, 15) is 18.0 Å². The van der Waals surface area contributed by atoms with Gasteiger partial charge in [-0.25, -0.2) is 8.42 Å². The molecule has 234 valence electrons. The maximum absolute atomic E-state index is 13.9. The summed E-state index contributed by atoms with van der Waals surface area (Å²) in [7, 11) is -3.66. The van der Waals surface area contributed by atoms with Crippen LogP contribution < -0.4 is 10.1 Å². The Hall–Kier alpha value is -4.51. The minimum absolute atomic E-state index is 0.144. The van der Waals surface area contributed by atoms with Gasteiger partial charge in [0.05, 0.1) is 18.1 Å². The van der Waals surface area contributed by atoms with Crippen LogP contribution in [0.2, 0.25) is 0 Å². The number of morpholine rings is 1. The van der Waals surface area contributed by atoms with E-state index < -0.39 is 22.0 Å². The molecule has 0 aromatic heterocycles. The highest BCUT2D eigenvalue weighted by Crippen LogP contribution is 2.25. The first-order chi connectivity index (χ1) is 21.9. The molecule has 2 amide bonds. The molecule has 1 N–H and O–H groups in total. The van der Waals surface area contributed by atoms with Crippen molar-refractivity contribution < 1.29 is 27.5 Å². The van der Waals surface area contributed by atoms with E-state index in [4.69, 9.17) is 9.47 Å². The largest absolute Gasteiger partial charge is 0.484 e. The van der Waals surface area contributed by atoms with E-state index in [2.05, 4.69) is 5.32 Å². The SMILES string of the molecule is O=C(NCCc1ccccc1)[C@H](c1ccccc1)N(Cc1ccccc1)C(=O)COc1ccc(S(=O)(=O)N2CCOCC2)cc1. The van der Waals surface area contributed by atoms with Crippen molar-refractivity contribution >= 4 is 21.8 Å². The smallest absolute Gasteiger partial charge is 0.261 e. The van der Waals surface area contributed by atoms with Gasteiger partial charge in [0.1, 0.15) is 11.8 Å². The van der Waals surface area contributed by atoms with Gasteiger partial charge in [0.2, 0.25) is 15.9 Å². The molecule has 1 fully saturated rings. The summed E-state index contributed by atoms with van der Waals surface area (Å²) in [5.74, 6) is -0.345. The Morgan fingerprint density at radius 3 is 2.00 bits per heavy atom. The molecule has 4 aromatic carbocycles. The first kappa shape index (κ1) is 31.9. The molecule has 4 aromatic rings. The number of sulfonamides is 1. The summed E-state index contributed by atoms with van der Waals surface area (Å²) in [4.78, 5) is 29.3. The van der Waals surface area contributed by atoms with E-state index in [1.807, 2.05) is 91.0 Å². The molecule has 1 atom stereocenters. The van der Waals surface area contributed by atoms with Crippen molar-refractivity contribution in [1.29, 1.82) is 0 Å². The van der Waals surface area contributed by atoms with Gasteiger partial charge in [-0.1, -0.05) is 91.0 Å². The van der Waals surface area contributed by atoms with E-state index in [1.54, 1.807) is 0 Å². The molecule has 0 radical (unpaired) electrons.